The molecule has 2 aromatic rings. The van der Waals surface area contributed by atoms with Gasteiger partial charge in [0, 0.05) is 38.6 Å². The van der Waals surface area contributed by atoms with E-state index in [1.54, 1.807) is 7.05 Å². The normalized spacial score (nSPS) is 16.1. The van der Waals surface area contributed by atoms with E-state index in [0.29, 0.717) is 13.2 Å². The molecule has 2 aromatic carbocycles. The van der Waals surface area contributed by atoms with E-state index in [1.165, 1.54) is 0 Å². The van der Waals surface area contributed by atoms with Crippen molar-refractivity contribution >= 4 is 35.8 Å². The van der Waals surface area contributed by atoms with E-state index in [0.717, 1.165) is 42.3 Å². The molecule has 0 bridgehead atoms. The number of amides is 1. The van der Waals surface area contributed by atoms with Crippen molar-refractivity contribution in [1.82, 2.24) is 15.5 Å². The van der Waals surface area contributed by atoms with Gasteiger partial charge in [-0.3, -0.25) is 9.79 Å². The number of carbonyl (C=O) groups is 1. The first-order valence-electron chi connectivity index (χ1n) is 10.6. The van der Waals surface area contributed by atoms with E-state index >= 15 is 0 Å². The summed E-state index contributed by atoms with van der Waals surface area (Å²) in [7, 11) is 1.77. The fourth-order valence-electron chi connectivity index (χ4n) is 3.53. The highest BCUT2D eigenvalue weighted by atomic mass is 127. The second kappa shape index (κ2) is 12.5. The fourth-order valence-corrected chi connectivity index (χ4v) is 3.53. The molecule has 1 heterocycles. The van der Waals surface area contributed by atoms with Crippen LogP contribution in [0.1, 0.15) is 31.4 Å². The first-order valence-corrected chi connectivity index (χ1v) is 10.6. The number of carbonyl (C=O) groups excluding carboxylic acids is 1. The maximum atomic E-state index is 12.2. The van der Waals surface area contributed by atoms with Gasteiger partial charge in [-0.05, 0) is 29.7 Å². The lowest BCUT2D eigenvalue weighted by atomic mass is 10.1. The predicted octanol–water partition coefficient (Wildman–Crippen LogP) is 3.81. The molecule has 1 aliphatic heterocycles. The van der Waals surface area contributed by atoms with E-state index in [2.05, 4.69) is 33.8 Å². The molecule has 3 rings (SSSR count). The maximum absolute atomic E-state index is 12.2. The van der Waals surface area contributed by atoms with E-state index in [9.17, 15) is 4.79 Å². The zero-order valence-corrected chi connectivity index (χ0v) is 20.8. The number of nitrogens with one attached hydrogen (secondary N) is 2. The number of nitrogens with zero attached hydrogens (tertiary/aromatic N) is 2. The average molecular weight is 536 g/mol. The van der Waals surface area contributed by atoms with Crippen LogP contribution in [0.4, 0.5) is 0 Å². The Hall–Kier alpha value is -2.29. The Morgan fingerprint density at radius 1 is 1.16 bits per heavy atom. The van der Waals surface area contributed by atoms with Crippen molar-refractivity contribution in [3.05, 3.63) is 65.7 Å². The molecule has 0 aromatic heterocycles. The van der Waals surface area contributed by atoms with E-state index in [4.69, 9.17) is 4.74 Å². The largest absolute Gasteiger partial charge is 0.489 e. The summed E-state index contributed by atoms with van der Waals surface area (Å²) in [5, 5.41) is 6.82. The average Bonchev–Trinajstić information content (AvgIpc) is 3.24. The molecule has 1 saturated heterocycles. The van der Waals surface area contributed by atoms with Crippen LogP contribution in [-0.4, -0.2) is 42.9 Å². The standard InChI is InChI=1S/C24H32N4O2.HI/c1-18(2)23(29)28-13-12-21(16-28)27-24(25-3)26-15-19-8-7-9-20(14-19)17-30-22-10-5-4-6-11-22;/h4-11,14,18,21H,12-13,15-17H2,1-3H3,(H2,25,26,27);1H. The van der Waals surface area contributed by atoms with Crippen molar-refractivity contribution in [3.63, 3.8) is 0 Å². The molecule has 1 amide bonds. The zero-order chi connectivity index (χ0) is 21.3. The Morgan fingerprint density at radius 3 is 2.61 bits per heavy atom. The number of ether oxygens (including phenoxy) is 1. The second-order valence-electron chi connectivity index (χ2n) is 7.92. The lowest BCUT2D eigenvalue weighted by Crippen LogP contribution is -2.45. The molecule has 1 atom stereocenters. The predicted molar refractivity (Wildman–Crippen MR) is 136 cm³/mol. The van der Waals surface area contributed by atoms with Gasteiger partial charge in [0.1, 0.15) is 12.4 Å². The Kier molecular flexibility index (Phi) is 10.1. The summed E-state index contributed by atoms with van der Waals surface area (Å²) in [6.07, 6.45) is 0.936. The number of para-hydroxylation sites is 1. The van der Waals surface area contributed by atoms with Gasteiger partial charge in [-0.2, -0.15) is 0 Å². The number of benzene rings is 2. The second-order valence-corrected chi connectivity index (χ2v) is 7.92. The number of hydrogen-bond acceptors (Lipinski definition) is 3. The number of likely N-dealkylation sites (tertiary alicyclic amines) is 1. The highest BCUT2D eigenvalue weighted by Gasteiger charge is 2.27. The van der Waals surface area contributed by atoms with Gasteiger partial charge in [-0.15, -0.1) is 24.0 Å². The fraction of sp³-hybridized carbons (Fsp3) is 0.417. The van der Waals surface area contributed by atoms with Crippen molar-refractivity contribution in [2.24, 2.45) is 10.9 Å². The lowest BCUT2D eigenvalue weighted by molar-refractivity contribution is -0.133. The molecule has 31 heavy (non-hydrogen) atoms. The van der Waals surface area contributed by atoms with Gasteiger partial charge in [0.05, 0.1) is 0 Å². The molecule has 1 fully saturated rings. The summed E-state index contributed by atoms with van der Waals surface area (Å²) >= 11 is 0. The highest BCUT2D eigenvalue weighted by molar-refractivity contribution is 14.0. The molecule has 1 unspecified atom stereocenters. The summed E-state index contributed by atoms with van der Waals surface area (Å²) in [5.74, 6) is 1.88. The quantitative estimate of drug-likeness (QED) is 0.321. The number of aliphatic imine (C=N–C) groups is 1. The lowest BCUT2D eigenvalue weighted by Gasteiger charge is -2.20. The maximum Gasteiger partial charge on any atom is 0.225 e. The molecule has 7 heteroatoms. The molecule has 0 aliphatic carbocycles. The Labute approximate surface area is 202 Å². The molecule has 6 nitrogen and oxygen atoms in total. The third-order valence-corrected chi connectivity index (χ3v) is 5.16. The molecule has 1 aliphatic rings. The number of halogens is 1. The van der Waals surface area contributed by atoms with Crippen LogP contribution in [0.3, 0.4) is 0 Å². The molecule has 0 spiro atoms. The van der Waals surface area contributed by atoms with Crippen LogP contribution in [0.25, 0.3) is 0 Å². The molecule has 2 N–H and O–H groups in total. The summed E-state index contributed by atoms with van der Waals surface area (Å²) in [6, 6.07) is 18.4. The monoisotopic (exact) mass is 536 g/mol. The van der Waals surface area contributed by atoms with Crippen molar-refractivity contribution in [1.29, 1.82) is 0 Å². The molecular formula is C24H33IN4O2. The van der Waals surface area contributed by atoms with Gasteiger partial charge < -0.3 is 20.3 Å². The Balaban J connectivity index is 0.00000341. The summed E-state index contributed by atoms with van der Waals surface area (Å²) in [5.41, 5.74) is 2.29. The van der Waals surface area contributed by atoms with E-state index < -0.39 is 0 Å². The minimum Gasteiger partial charge on any atom is -0.489 e. The Morgan fingerprint density at radius 2 is 1.90 bits per heavy atom. The van der Waals surface area contributed by atoms with Gasteiger partial charge >= 0.3 is 0 Å². The van der Waals surface area contributed by atoms with Crippen LogP contribution >= 0.6 is 24.0 Å². The summed E-state index contributed by atoms with van der Waals surface area (Å²) in [4.78, 5) is 18.4. The first kappa shape index (κ1) is 25.0. The minimum absolute atomic E-state index is 0. The van der Waals surface area contributed by atoms with E-state index in [-0.39, 0.29) is 41.8 Å². The number of guanidine groups is 1. The van der Waals surface area contributed by atoms with Crippen LogP contribution in [-0.2, 0) is 17.9 Å². The zero-order valence-electron chi connectivity index (χ0n) is 18.5. The van der Waals surface area contributed by atoms with Gasteiger partial charge in [0.15, 0.2) is 5.96 Å². The minimum atomic E-state index is 0. The van der Waals surface area contributed by atoms with Crippen LogP contribution in [0.2, 0.25) is 0 Å². The molecule has 0 saturated carbocycles. The third-order valence-electron chi connectivity index (χ3n) is 5.16. The summed E-state index contributed by atoms with van der Waals surface area (Å²) in [6.45, 7) is 6.62. The van der Waals surface area contributed by atoms with Crippen LogP contribution in [0.15, 0.2) is 59.6 Å². The molecular weight excluding hydrogens is 503 g/mol. The van der Waals surface area contributed by atoms with Crippen LogP contribution < -0.4 is 15.4 Å². The third kappa shape index (κ3) is 7.72. The van der Waals surface area contributed by atoms with Crippen molar-refractivity contribution < 1.29 is 9.53 Å². The van der Waals surface area contributed by atoms with E-state index in [1.807, 2.05) is 55.1 Å². The first-order chi connectivity index (χ1) is 14.5. The molecule has 0 radical (unpaired) electrons. The van der Waals surface area contributed by atoms with Crippen LogP contribution in [0.5, 0.6) is 5.75 Å². The topological polar surface area (TPSA) is 66.0 Å². The van der Waals surface area contributed by atoms with Gasteiger partial charge in [-0.1, -0.05) is 56.3 Å². The SMILES string of the molecule is CN=C(NCc1cccc(COc2ccccc2)c1)NC1CCN(C(=O)C(C)C)C1.I. The van der Waals surface area contributed by atoms with Gasteiger partial charge in [0.2, 0.25) is 5.91 Å². The number of rotatable bonds is 7. The number of hydrogen-bond donors (Lipinski definition) is 2. The van der Waals surface area contributed by atoms with Gasteiger partial charge in [0.25, 0.3) is 0 Å². The smallest absolute Gasteiger partial charge is 0.225 e. The van der Waals surface area contributed by atoms with Gasteiger partial charge in [-0.25, -0.2) is 0 Å². The van der Waals surface area contributed by atoms with Crippen molar-refractivity contribution in [2.75, 3.05) is 20.1 Å². The van der Waals surface area contributed by atoms with Crippen molar-refractivity contribution in [3.8, 4) is 5.75 Å². The Bertz CT molecular complexity index is 858. The molecule has 168 valence electrons. The van der Waals surface area contributed by atoms with Crippen LogP contribution in [0, 0.1) is 5.92 Å². The summed E-state index contributed by atoms with van der Waals surface area (Å²) < 4.78 is 5.84. The van der Waals surface area contributed by atoms with Crippen molar-refractivity contribution in [2.45, 2.75) is 39.5 Å². The highest BCUT2D eigenvalue weighted by Crippen LogP contribution is 2.14.